The normalized spacial score (nSPS) is 12.1. The fraction of sp³-hybridized carbons (Fsp3) is 0.222. The van der Waals surface area contributed by atoms with Gasteiger partial charge in [0.2, 0.25) is 5.91 Å². The summed E-state index contributed by atoms with van der Waals surface area (Å²) in [5.74, 6) is -0.0888. The van der Waals surface area contributed by atoms with Gasteiger partial charge in [0.1, 0.15) is 17.2 Å². The summed E-state index contributed by atoms with van der Waals surface area (Å²) in [6.07, 6.45) is 2.95. The molecule has 5 nitrogen and oxygen atoms in total. The van der Waals surface area contributed by atoms with Gasteiger partial charge in [-0.3, -0.25) is 4.79 Å². The minimum atomic E-state index is -0.228. The molecule has 0 aliphatic heterocycles. The summed E-state index contributed by atoms with van der Waals surface area (Å²) in [4.78, 5) is 16.7. The van der Waals surface area contributed by atoms with Crippen LogP contribution >= 0.6 is 11.8 Å². The Morgan fingerprint density at radius 3 is 2.79 bits per heavy atom. The van der Waals surface area contributed by atoms with Gasteiger partial charge in [-0.15, -0.1) is 0 Å². The van der Waals surface area contributed by atoms with Crippen molar-refractivity contribution in [2.24, 2.45) is 0 Å². The highest BCUT2D eigenvalue weighted by molar-refractivity contribution is 8.00. The summed E-state index contributed by atoms with van der Waals surface area (Å²) in [7, 11) is 0. The fourth-order valence-electron chi connectivity index (χ4n) is 2.65. The van der Waals surface area contributed by atoms with E-state index in [1.54, 1.807) is 24.3 Å². The van der Waals surface area contributed by atoms with Gasteiger partial charge in [-0.2, -0.15) is 10.5 Å². The fourth-order valence-corrected chi connectivity index (χ4v) is 3.43. The van der Waals surface area contributed by atoms with Gasteiger partial charge in [0.15, 0.2) is 0 Å². The number of hydrogen-bond donors (Lipinski definition) is 1. The van der Waals surface area contributed by atoms with Crippen LogP contribution in [0.3, 0.4) is 0 Å². The number of amides is 1. The quantitative estimate of drug-likeness (QED) is 0.868. The largest absolute Gasteiger partial charge is 0.324 e. The molecule has 3 rings (SSSR count). The van der Waals surface area contributed by atoms with Crippen LogP contribution in [0.2, 0.25) is 0 Å². The van der Waals surface area contributed by atoms with Gasteiger partial charge in [-0.25, -0.2) is 4.98 Å². The molecule has 1 aliphatic carbocycles. The molecule has 0 saturated heterocycles. The first kappa shape index (κ1) is 16.0. The summed E-state index contributed by atoms with van der Waals surface area (Å²) in [6, 6.07) is 12.9. The van der Waals surface area contributed by atoms with Crippen LogP contribution in [0.4, 0.5) is 5.69 Å². The first-order valence-corrected chi connectivity index (χ1v) is 8.54. The number of carbonyl (C=O) groups is 1. The highest BCUT2D eigenvalue weighted by Gasteiger charge is 2.17. The molecule has 0 fully saturated rings. The Hall–Kier alpha value is -2.83. The highest BCUT2D eigenvalue weighted by Crippen LogP contribution is 2.28. The lowest BCUT2D eigenvalue weighted by molar-refractivity contribution is -0.113. The number of thioether (sulfide) groups is 1. The molecule has 1 aromatic heterocycles. The van der Waals surface area contributed by atoms with Crippen molar-refractivity contribution in [1.82, 2.24) is 4.98 Å². The van der Waals surface area contributed by atoms with E-state index >= 15 is 0 Å². The van der Waals surface area contributed by atoms with Crippen LogP contribution in [-0.4, -0.2) is 16.6 Å². The van der Waals surface area contributed by atoms with Crippen molar-refractivity contribution < 1.29 is 4.79 Å². The van der Waals surface area contributed by atoms with Crippen molar-refractivity contribution in [2.75, 3.05) is 11.1 Å². The Balaban J connectivity index is 1.69. The number of rotatable bonds is 4. The van der Waals surface area contributed by atoms with Gasteiger partial charge >= 0.3 is 0 Å². The molecule has 0 atom stereocenters. The van der Waals surface area contributed by atoms with Crippen molar-refractivity contribution >= 4 is 23.4 Å². The molecule has 118 valence electrons. The van der Waals surface area contributed by atoms with Crippen molar-refractivity contribution in [3.63, 3.8) is 0 Å². The molecule has 2 aromatic rings. The van der Waals surface area contributed by atoms with E-state index in [4.69, 9.17) is 5.26 Å². The molecular formula is C18H14N4OS. The van der Waals surface area contributed by atoms with Crippen LogP contribution in [0.5, 0.6) is 0 Å². The number of benzene rings is 1. The predicted molar refractivity (Wildman–Crippen MR) is 91.5 cm³/mol. The molecular weight excluding hydrogens is 320 g/mol. The monoisotopic (exact) mass is 334 g/mol. The number of para-hydroxylation sites is 1. The summed E-state index contributed by atoms with van der Waals surface area (Å²) in [5.41, 5.74) is 3.61. The number of nitriles is 2. The van der Waals surface area contributed by atoms with Crippen molar-refractivity contribution in [3.05, 3.63) is 52.7 Å². The number of pyridine rings is 1. The SMILES string of the molecule is N#Cc1ccccc1NC(=O)CSc1nc2c(cc1C#N)CCC2. The zero-order chi connectivity index (χ0) is 16.9. The third-order valence-corrected chi connectivity index (χ3v) is 4.79. The standard InChI is InChI=1S/C18H14N4OS/c19-9-13-4-1-2-6-16(13)21-17(23)11-24-18-14(10-20)8-12-5-3-7-15(12)22-18/h1-2,4,6,8H,3,5,7,11H2,(H,21,23). The van der Waals surface area contributed by atoms with Crippen LogP contribution in [0.15, 0.2) is 35.4 Å². The lowest BCUT2D eigenvalue weighted by Gasteiger charge is -2.08. The number of carbonyl (C=O) groups excluding carboxylic acids is 1. The van der Waals surface area contributed by atoms with E-state index in [0.29, 0.717) is 21.8 Å². The molecule has 1 aliphatic rings. The second-order valence-corrected chi connectivity index (χ2v) is 6.37. The molecule has 1 N–H and O–H groups in total. The van der Waals surface area contributed by atoms with Crippen LogP contribution < -0.4 is 5.32 Å². The Morgan fingerprint density at radius 2 is 2.00 bits per heavy atom. The van der Waals surface area contributed by atoms with Crippen LogP contribution in [-0.2, 0) is 17.6 Å². The molecule has 1 aromatic carbocycles. The maximum absolute atomic E-state index is 12.1. The average molecular weight is 334 g/mol. The molecule has 1 amide bonds. The van der Waals surface area contributed by atoms with Gasteiger partial charge in [0, 0.05) is 5.69 Å². The molecule has 0 unspecified atom stereocenters. The van der Waals surface area contributed by atoms with Gasteiger partial charge in [0.25, 0.3) is 0 Å². The number of anilines is 1. The maximum atomic E-state index is 12.1. The van der Waals surface area contributed by atoms with Crippen molar-refractivity contribution in [1.29, 1.82) is 10.5 Å². The van der Waals surface area contributed by atoms with Crippen LogP contribution in [0, 0.1) is 22.7 Å². The lowest BCUT2D eigenvalue weighted by atomic mass is 10.2. The molecule has 1 heterocycles. The molecule has 0 saturated carbocycles. The Labute approximate surface area is 144 Å². The number of nitrogens with one attached hydrogen (secondary N) is 1. The number of aryl methyl sites for hydroxylation is 2. The smallest absolute Gasteiger partial charge is 0.234 e. The highest BCUT2D eigenvalue weighted by atomic mass is 32.2. The second kappa shape index (κ2) is 7.16. The minimum absolute atomic E-state index is 0.139. The molecule has 0 bridgehead atoms. The lowest BCUT2D eigenvalue weighted by Crippen LogP contribution is -2.15. The Morgan fingerprint density at radius 1 is 1.21 bits per heavy atom. The number of aromatic nitrogens is 1. The van der Waals surface area contributed by atoms with E-state index in [-0.39, 0.29) is 11.7 Å². The van der Waals surface area contributed by atoms with E-state index in [2.05, 4.69) is 16.4 Å². The Kier molecular flexibility index (Phi) is 4.79. The predicted octanol–water partition coefficient (Wildman–Crippen LogP) is 3.04. The summed E-state index contributed by atoms with van der Waals surface area (Å²) >= 11 is 1.25. The second-order valence-electron chi connectivity index (χ2n) is 5.41. The maximum Gasteiger partial charge on any atom is 0.234 e. The molecule has 6 heteroatoms. The van der Waals surface area contributed by atoms with E-state index in [1.807, 2.05) is 12.1 Å². The molecule has 24 heavy (non-hydrogen) atoms. The van der Waals surface area contributed by atoms with E-state index in [1.165, 1.54) is 11.8 Å². The van der Waals surface area contributed by atoms with Crippen LogP contribution in [0.25, 0.3) is 0 Å². The zero-order valence-electron chi connectivity index (χ0n) is 12.9. The zero-order valence-corrected chi connectivity index (χ0v) is 13.7. The van der Waals surface area contributed by atoms with Crippen LogP contribution in [0.1, 0.15) is 28.8 Å². The van der Waals surface area contributed by atoms with E-state index in [0.717, 1.165) is 30.5 Å². The summed E-state index contributed by atoms with van der Waals surface area (Å²) in [5, 5.41) is 21.7. The van der Waals surface area contributed by atoms with Gasteiger partial charge in [-0.05, 0) is 43.0 Å². The Bertz CT molecular complexity index is 880. The number of fused-ring (bicyclic) bond motifs is 1. The van der Waals surface area contributed by atoms with E-state index in [9.17, 15) is 10.1 Å². The first-order chi connectivity index (χ1) is 11.7. The van der Waals surface area contributed by atoms with Gasteiger partial charge < -0.3 is 5.32 Å². The molecule has 0 spiro atoms. The molecule has 0 radical (unpaired) electrons. The number of hydrogen-bond acceptors (Lipinski definition) is 5. The summed E-state index contributed by atoms with van der Waals surface area (Å²) < 4.78 is 0. The van der Waals surface area contributed by atoms with Crippen molar-refractivity contribution in [2.45, 2.75) is 24.3 Å². The third kappa shape index (κ3) is 3.40. The topological polar surface area (TPSA) is 89.6 Å². The van der Waals surface area contributed by atoms with Gasteiger partial charge in [0.05, 0.1) is 22.6 Å². The van der Waals surface area contributed by atoms with Gasteiger partial charge in [-0.1, -0.05) is 23.9 Å². The first-order valence-electron chi connectivity index (χ1n) is 7.56. The minimum Gasteiger partial charge on any atom is -0.324 e. The van der Waals surface area contributed by atoms with Crippen molar-refractivity contribution in [3.8, 4) is 12.1 Å². The van der Waals surface area contributed by atoms with E-state index < -0.39 is 0 Å². The third-order valence-electron chi connectivity index (χ3n) is 3.80. The number of nitrogens with zero attached hydrogens (tertiary/aromatic N) is 3. The summed E-state index contributed by atoms with van der Waals surface area (Å²) in [6.45, 7) is 0. The average Bonchev–Trinajstić information content (AvgIpc) is 3.06.